The zero-order chi connectivity index (χ0) is 10.6. The SMILES string of the molecule is C=C(OCC)c1cncnc1C(=O)O. The molecule has 1 heterocycles. The number of hydrogen-bond donors (Lipinski definition) is 1. The smallest absolute Gasteiger partial charge is 0.355 e. The lowest BCUT2D eigenvalue weighted by Gasteiger charge is -2.07. The van der Waals surface area contributed by atoms with Crippen molar-refractivity contribution in [1.82, 2.24) is 9.97 Å². The molecule has 1 aromatic rings. The van der Waals surface area contributed by atoms with Gasteiger partial charge in [0, 0.05) is 6.20 Å². The van der Waals surface area contributed by atoms with Crippen LogP contribution in [0.5, 0.6) is 0 Å². The number of carbonyl (C=O) groups is 1. The second kappa shape index (κ2) is 4.36. The Morgan fingerprint density at radius 3 is 3.00 bits per heavy atom. The van der Waals surface area contributed by atoms with Gasteiger partial charge in [0.15, 0.2) is 5.69 Å². The average molecular weight is 194 g/mol. The van der Waals surface area contributed by atoms with Gasteiger partial charge in [-0.3, -0.25) is 0 Å². The third-order valence-corrected chi connectivity index (χ3v) is 1.53. The van der Waals surface area contributed by atoms with E-state index < -0.39 is 5.97 Å². The van der Waals surface area contributed by atoms with Gasteiger partial charge in [-0.2, -0.15) is 0 Å². The molecule has 0 radical (unpaired) electrons. The van der Waals surface area contributed by atoms with Crippen molar-refractivity contribution in [3.05, 3.63) is 30.4 Å². The monoisotopic (exact) mass is 194 g/mol. The highest BCUT2D eigenvalue weighted by atomic mass is 16.5. The normalized spacial score (nSPS) is 9.50. The molecule has 14 heavy (non-hydrogen) atoms. The molecule has 1 N–H and O–H groups in total. The highest BCUT2D eigenvalue weighted by Crippen LogP contribution is 2.15. The maximum atomic E-state index is 10.7. The Morgan fingerprint density at radius 1 is 1.71 bits per heavy atom. The molecule has 0 unspecified atom stereocenters. The van der Waals surface area contributed by atoms with E-state index in [9.17, 15) is 4.79 Å². The molecule has 1 aromatic heterocycles. The molecule has 0 fully saturated rings. The molecule has 0 atom stereocenters. The maximum Gasteiger partial charge on any atom is 0.355 e. The Bertz CT molecular complexity index is 363. The molecular weight excluding hydrogens is 184 g/mol. The fourth-order valence-electron chi connectivity index (χ4n) is 0.956. The quantitative estimate of drug-likeness (QED) is 0.728. The third kappa shape index (κ3) is 2.07. The summed E-state index contributed by atoms with van der Waals surface area (Å²) in [5.41, 5.74) is 0.209. The van der Waals surface area contributed by atoms with E-state index in [4.69, 9.17) is 9.84 Å². The van der Waals surface area contributed by atoms with Crippen molar-refractivity contribution in [1.29, 1.82) is 0 Å². The Morgan fingerprint density at radius 2 is 2.43 bits per heavy atom. The molecule has 5 nitrogen and oxygen atoms in total. The lowest BCUT2D eigenvalue weighted by atomic mass is 10.2. The summed E-state index contributed by atoms with van der Waals surface area (Å²) in [5.74, 6) is -0.853. The van der Waals surface area contributed by atoms with Crippen LogP contribution in [0, 0.1) is 0 Å². The minimum atomic E-state index is -1.12. The Hall–Kier alpha value is -1.91. The number of ether oxygens (including phenoxy) is 1. The number of aromatic nitrogens is 2. The van der Waals surface area contributed by atoms with Gasteiger partial charge in [0.25, 0.3) is 0 Å². The van der Waals surface area contributed by atoms with Crippen LogP contribution in [0.3, 0.4) is 0 Å². The third-order valence-electron chi connectivity index (χ3n) is 1.53. The summed E-state index contributed by atoms with van der Waals surface area (Å²) >= 11 is 0. The lowest BCUT2D eigenvalue weighted by Crippen LogP contribution is -2.06. The molecule has 5 heteroatoms. The van der Waals surface area contributed by atoms with Gasteiger partial charge in [0.05, 0.1) is 12.2 Å². The van der Waals surface area contributed by atoms with Gasteiger partial charge in [-0.1, -0.05) is 6.58 Å². The number of carboxylic acid groups (broad SMARTS) is 1. The Labute approximate surface area is 81.1 Å². The summed E-state index contributed by atoms with van der Waals surface area (Å²) in [6.45, 7) is 5.80. The summed E-state index contributed by atoms with van der Waals surface area (Å²) in [7, 11) is 0. The van der Waals surface area contributed by atoms with Crippen molar-refractivity contribution in [3.63, 3.8) is 0 Å². The molecular formula is C9H10N2O3. The fraction of sp³-hybridized carbons (Fsp3) is 0.222. The highest BCUT2D eigenvalue weighted by molar-refractivity contribution is 5.90. The van der Waals surface area contributed by atoms with Crippen molar-refractivity contribution in [2.24, 2.45) is 0 Å². The van der Waals surface area contributed by atoms with Crippen molar-refractivity contribution >= 4 is 11.7 Å². The van der Waals surface area contributed by atoms with E-state index in [2.05, 4.69) is 16.5 Å². The summed E-state index contributed by atoms with van der Waals surface area (Å²) in [6, 6.07) is 0. The Balaban J connectivity index is 3.07. The number of carboxylic acids is 1. The van der Waals surface area contributed by atoms with Crippen LogP contribution in [0.25, 0.3) is 5.76 Å². The Kier molecular flexibility index (Phi) is 3.17. The van der Waals surface area contributed by atoms with Crippen LogP contribution in [-0.4, -0.2) is 27.7 Å². The second-order valence-corrected chi connectivity index (χ2v) is 2.45. The van der Waals surface area contributed by atoms with Crippen LogP contribution < -0.4 is 0 Å². The molecule has 0 aliphatic rings. The van der Waals surface area contributed by atoms with Crippen LogP contribution in [0.2, 0.25) is 0 Å². The van der Waals surface area contributed by atoms with Crippen molar-refractivity contribution < 1.29 is 14.6 Å². The summed E-state index contributed by atoms with van der Waals surface area (Å²) in [4.78, 5) is 18.1. The van der Waals surface area contributed by atoms with E-state index in [0.29, 0.717) is 12.2 Å². The van der Waals surface area contributed by atoms with E-state index in [1.165, 1.54) is 12.5 Å². The molecule has 0 aliphatic heterocycles. The van der Waals surface area contributed by atoms with E-state index in [1.807, 2.05) is 0 Å². The van der Waals surface area contributed by atoms with Crippen LogP contribution in [-0.2, 0) is 4.74 Å². The largest absolute Gasteiger partial charge is 0.494 e. The van der Waals surface area contributed by atoms with Gasteiger partial charge in [-0.25, -0.2) is 14.8 Å². The average Bonchev–Trinajstić information content (AvgIpc) is 2.18. The molecule has 0 aliphatic carbocycles. The van der Waals surface area contributed by atoms with Gasteiger partial charge in [-0.15, -0.1) is 0 Å². The highest BCUT2D eigenvalue weighted by Gasteiger charge is 2.14. The first-order valence-corrected chi connectivity index (χ1v) is 4.02. The minimum Gasteiger partial charge on any atom is -0.494 e. The van der Waals surface area contributed by atoms with Crippen molar-refractivity contribution in [2.75, 3.05) is 6.61 Å². The van der Waals surface area contributed by atoms with E-state index in [1.54, 1.807) is 6.92 Å². The molecule has 0 spiro atoms. The summed E-state index contributed by atoms with van der Waals surface area (Å²) in [5, 5.41) is 8.80. The molecule has 0 amide bonds. The first kappa shape index (κ1) is 10.2. The topological polar surface area (TPSA) is 72.3 Å². The first-order chi connectivity index (χ1) is 6.66. The molecule has 0 aromatic carbocycles. The van der Waals surface area contributed by atoms with E-state index >= 15 is 0 Å². The van der Waals surface area contributed by atoms with Gasteiger partial charge >= 0.3 is 5.97 Å². The number of aromatic carboxylic acids is 1. The molecule has 0 bridgehead atoms. The van der Waals surface area contributed by atoms with Gasteiger partial charge in [0.2, 0.25) is 0 Å². The van der Waals surface area contributed by atoms with E-state index in [0.717, 1.165) is 0 Å². The molecule has 74 valence electrons. The molecule has 1 rings (SSSR count). The predicted octanol–water partition coefficient (Wildman–Crippen LogP) is 1.18. The predicted molar refractivity (Wildman–Crippen MR) is 49.7 cm³/mol. The van der Waals surface area contributed by atoms with Gasteiger partial charge in [-0.05, 0) is 6.92 Å². The second-order valence-electron chi connectivity index (χ2n) is 2.45. The van der Waals surface area contributed by atoms with Gasteiger partial charge < -0.3 is 9.84 Å². The van der Waals surface area contributed by atoms with Crippen molar-refractivity contribution in [2.45, 2.75) is 6.92 Å². The van der Waals surface area contributed by atoms with E-state index in [-0.39, 0.29) is 11.5 Å². The number of rotatable bonds is 4. The molecule has 0 saturated heterocycles. The van der Waals surface area contributed by atoms with Crippen LogP contribution in [0.1, 0.15) is 23.0 Å². The maximum absolute atomic E-state index is 10.7. The lowest BCUT2D eigenvalue weighted by molar-refractivity contribution is 0.0689. The van der Waals surface area contributed by atoms with Gasteiger partial charge in [0.1, 0.15) is 12.1 Å². The minimum absolute atomic E-state index is 0.0987. The van der Waals surface area contributed by atoms with Crippen molar-refractivity contribution in [3.8, 4) is 0 Å². The molecule has 0 saturated carbocycles. The fourth-order valence-corrected chi connectivity index (χ4v) is 0.956. The van der Waals surface area contributed by atoms with Crippen LogP contribution in [0.4, 0.5) is 0 Å². The standard InChI is InChI=1S/C9H10N2O3/c1-3-14-6(2)7-4-10-5-11-8(7)9(12)13/h4-5H,2-3H2,1H3,(H,12,13). The zero-order valence-electron chi connectivity index (χ0n) is 7.73. The number of nitrogens with zero attached hydrogens (tertiary/aromatic N) is 2. The van der Waals surface area contributed by atoms with Crippen LogP contribution >= 0.6 is 0 Å². The number of hydrogen-bond acceptors (Lipinski definition) is 4. The van der Waals surface area contributed by atoms with Crippen LogP contribution in [0.15, 0.2) is 19.1 Å². The summed E-state index contributed by atoms with van der Waals surface area (Å²) < 4.78 is 5.08. The first-order valence-electron chi connectivity index (χ1n) is 4.02. The zero-order valence-corrected chi connectivity index (χ0v) is 7.73. The summed E-state index contributed by atoms with van der Waals surface area (Å²) in [6.07, 6.45) is 2.54.